The lowest BCUT2D eigenvalue weighted by Crippen LogP contribution is -2.37. The molecule has 6 nitrogen and oxygen atoms in total. The number of carbonyl (C=O) groups is 1. The standard InChI is InChI=1S/C22H20ClN3O3S/c23-20-11-8-17(15-19(20)21-5-1-2-12-24-21)25-22(27)16-6-9-18(10-7-16)26-13-3-4-14-30(26,28)29/h1-2,5-12,15H,3-4,13-14H2,(H,25,27). The first-order valence-electron chi connectivity index (χ1n) is 9.57. The number of nitrogens with one attached hydrogen (secondary N) is 1. The molecule has 0 unspecified atom stereocenters. The number of amides is 1. The van der Waals surface area contributed by atoms with Gasteiger partial charge in [0.25, 0.3) is 5.91 Å². The molecule has 0 spiro atoms. The van der Waals surface area contributed by atoms with Crippen LogP contribution in [0.4, 0.5) is 11.4 Å². The molecule has 4 rings (SSSR count). The summed E-state index contributed by atoms with van der Waals surface area (Å²) in [6, 6.07) is 17.3. The fourth-order valence-corrected chi connectivity index (χ4v) is 5.24. The molecule has 1 aromatic heterocycles. The Bertz CT molecular complexity index is 1170. The fraction of sp³-hybridized carbons (Fsp3) is 0.182. The van der Waals surface area contributed by atoms with Gasteiger partial charge in [-0.05, 0) is 67.4 Å². The molecule has 1 fully saturated rings. The molecule has 1 amide bonds. The number of anilines is 2. The number of pyridine rings is 1. The number of rotatable bonds is 4. The Morgan fingerprint density at radius 3 is 2.53 bits per heavy atom. The van der Waals surface area contributed by atoms with E-state index < -0.39 is 10.0 Å². The molecular formula is C22H20ClN3O3S. The van der Waals surface area contributed by atoms with Gasteiger partial charge in [-0.2, -0.15) is 0 Å². The largest absolute Gasteiger partial charge is 0.322 e. The van der Waals surface area contributed by atoms with Crippen molar-refractivity contribution in [1.82, 2.24) is 4.98 Å². The average molecular weight is 442 g/mol. The van der Waals surface area contributed by atoms with Crippen molar-refractivity contribution in [1.29, 1.82) is 0 Å². The van der Waals surface area contributed by atoms with E-state index in [-0.39, 0.29) is 11.7 Å². The molecule has 2 aromatic carbocycles. The Morgan fingerprint density at radius 1 is 1.03 bits per heavy atom. The minimum atomic E-state index is -3.28. The van der Waals surface area contributed by atoms with Crippen LogP contribution in [0.5, 0.6) is 0 Å². The van der Waals surface area contributed by atoms with E-state index in [1.54, 1.807) is 48.7 Å². The zero-order chi connectivity index (χ0) is 21.1. The lowest BCUT2D eigenvalue weighted by Gasteiger charge is -2.28. The van der Waals surface area contributed by atoms with E-state index in [0.717, 1.165) is 12.0 Å². The molecule has 0 bridgehead atoms. The summed E-state index contributed by atoms with van der Waals surface area (Å²) in [6.07, 6.45) is 3.19. The summed E-state index contributed by atoms with van der Waals surface area (Å²) >= 11 is 6.29. The topological polar surface area (TPSA) is 79.4 Å². The predicted molar refractivity (Wildman–Crippen MR) is 119 cm³/mol. The van der Waals surface area contributed by atoms with Crippen molar-refractivity contribution in [2.75, 3.05) is 21.9 Å². The molecule has 0 saturated carbocycles. The van der Waals surface area contributed by atoms with E-state index in [2.05, 4.69) is 10.3 Å². The van der Waals surface area contributed by atoms with Crippen LogP contribution < -0.4 is 9.62 Å². The van der Waals surface area contributed by atoms with Crippen LogP contribution in [0.15, 0.2) is 66.9 Å². The van der Waals surface area contributed by atoms with Gasteiger partial charge in [0.1, 0.15) is 0 Å². The number of benzene rings is 2. The second kappa shape index (κ2) is 8.45. The summed E-state index contributed by atoms with van der Waals surface area (Å²) in [6.45, 7) is 0.467. The van der Waals surface area contributed by atoms with Gasteiger partial charge in [0.2, 0.25) is 10.0 Å². The van der Waals surface area contributed by atoms with Crippen molar-refractivity contribution in [2.45, 2.75) is 12.8 Å². The van der Waals surface area contributed by atoms with Crippen molar-refractivity contribution in [3.8, 4) is 11.3 Å². The van der Waals surface area contributed by atoms with Gasteiger partial charge in [0, 0.05) is 29.6 Å². The average Bonchev–Trinajstić information content (AvgIpc) is 2.75. The molecule has 1 N–H and O–H groups in total. The monoisotopic (exact) mass is 441 g/mol. The highest BCUT2D eigenvalue weighted by atomic mass is 35.5. The van der Waals surface area contributed by atoms with E-state index in [0.29, 0.717) is 40.6 Å². The first-order valence-corrected chi connectivity index (χ1v) is 11.6. The van der Waals surface area contributed by atoms with E-state index in [9.17, 15) is 13.2 Å². The Labute approximate surface area is 180 Å². The highest BCUT2D eigenvalue weighted by Gasteiger charge is 2.26. The van der Waals surface area contributed by atoms with Gasteiger partial charge in [-0.15, -0.1) is 0 Å². The third-order valence-electron chi connectivity index (χ3n) is 4.93. The molecule has 1 aliphatic rings. The van der Waals surface area contributed by atoms with Crippen LogP contribution in [0, 0.1) is 0 Å². The number of aromatic nitrogens is 1. The molecule has 0 radical (unpaired) electrons. The molecular weight excluding hydrogens is 422 g/mol. The number of nitrogens with zero attached hydrogens (tertiary/aromatic N) is 2. The van der Waals surface area contributed by atoms with Gasteiger partial charge in [-0.3, -0.25) is 14.1 Å². The van der Waals surface area contributed by atoms with Crippen LogP contribution in [-0.4, -0.2) is 31.6 Å². The minimum Gasteiger partial charge on any atom is -0.322 e. The third-order valence-corrected chi connectivity index (χ3v) is 7.13. The Morgan fingerprint density at radius 2 is 1.83 bits per heavy atom. The molecule has 3 aromatic rings. The highest BCUT2D eigenvalue weighted by Crippen LogP contribution is 2.29. The zero-order valence-electron chi connectivity index (χ0n) is 16.1. The second-order valence-corrected chi connectivity index (χ2v) is 9.43. The number of carbonyl (C=O) groups excluding carboxylic acids is 1. The summed E-state index contributed by atoms with van der Waals surface area (Å²) in [4.78, 5) is 17.0. The molecule has 2 heterocycles. The van der Waals surface area contributed by atoms with Gasteiger partial charge >= 0.3 is 0 Å². The van der Waals surface area contributed by atoms with Crippen LogP contribution in [-0.2, 0) is 10.0 Å². The number of hydrogen-bond acceptors (Lipinski definition) is 4. The zero-order valence-corrected chi connectivity index (χ0v) is 17.7. The second-order valence-electron chi connectivity index (χ2n) is 7.01. The van der Waals surface area contributed by atoms with Crippen LogP contribution in [0.2, 0.25) is 5.02 Å². The van der Waals surface area contributed by atoms with Gasteiger partial charge in [0.15, 0.2) is 0 Å². The lowest BCUT2D eigenvalue weighted by atomic mass is 10.1. The summed E-state index contributed by atoms with van der Waals surface area (Å²) in [7, 11) is -3.28. The Kier molecular flexibility index (Phi) is 5.74. The third kappa shape index (κ3) is 4.32. The molecule has 0 aliphatic carbocycles. The molecule has 1 aliphatic heterocycles. The SMILES string of the molecule is O=C(Nc1ccc(Cl)c(-c2ccccn2)c1)c1ccc(N2CCCCS2(=O)=O)cc1. The van der Waals surface area contributed by atoms with Crippen LogP contribution >= 0.6 is 11.6 Å². The van der Waals surface area contributed by atoms with E-state index in [1.807, 2.05) is 18.2 Å². The van der Waals surface area contributed by atoms with Crippen LogP contribution in [0.25, 0.3) is 11.3 Å². The van der Waals surface area contributed by atoms with Crippen molar-refractivity contribution in [3.63, 3.8) is 0 Å². The van der Waals surface area contributed by atoms with Crippen molar-refractivity contribution >= 4 is 38.9 Å². The first kappa shape index (κ1) is 20.4. The Balaban J connectivity index is 1.52. The lowest BCUT2D eigenvalue weighted by molar-refractivity contribution is 0.102. The highest BCUT2D eigenvalue weighted by molar-refractivity contribution is 7.92. The summed E-state index contributed by atoms with van der Waals surface area (Å²) in [5.41, 5.74) is 3.04. The van der Waals surface area contributed by atoms with Gasteiger partial charge in [0.05, 0.1) is 22.2 Å². The van der Waals surface area contributed by atoms with E-state index in [4.69, 9.17) is 11.6 Å². The summed E-state index contributed by atoms with van der Waals surface area (Å²) in [5.74, 6) is -0.137. The minimum absolute atomic E-state index is 0.157. The number of halogens is 1. The maximum absolute atomic E-state index is 12.7. The summed E-state index contributed by atoms with van der Waals surface area (Å²) < 4.78 is 25.9. The molecule has 8 heteroatoms. The number of sulfonamides is 1. The molecule has 1 saturated heterocycles. The van der Waals surface area contributed by atoms with Gasteiger partial charge < -0.3 is 5.32 Å². The van der Waals surface area contributed by atoms with Crippen LogP contribution in [0.3, 0.4) is 0 Å². The van der Waals surface area contributed by atoms with Crippen LogP contribution in [0.1, 0.15) is 23.2 Å². The van der Waals surface area contributed by atoms with Gasteiger partial charge in [-0.25, -0.2) is 8.42 Å². The normalized spacial score (nSPS) is 15.6. The molecule has 0 atom stereocenters. The Hall–Kier alpha value is -2.90. The smallest absolute Gasteiger partial charge is 0.255 e. The molecule has 30 heavy (non-hydrogen) atoms. The quantitative estimate of drug-likeness (QED) is 0.642. The maximum Gasteiger partial charge on any atom is 0.255 e. The fourth-order valence-electron chi connectivity index (χ4n) is 3.38. The first-order chi connectivity index (χ1) is 14.4. The van der Waals surface area contributed by atoms with Gasteiger partial charge in [-0.1, -0.05) is 17.7 Å². The summed E-state index contributed by atoms with van der Waals surface area (Å²) in [5, 5.41) is 3.39. The van der Waals surface area contributed by atoms with E-state index in [1.165, 1.54) is 4.31 Å². The van der Waals surface area contributed by atoms with Crippen molar-refractivity contribution < 1.29 is 13.2 Å². The predicted octanol–water partition coefficient (Wildman–Crippen LogP) is 4.58. The maximum atomic E-state index is 12.7. The van der Waals surface area contributed by atoms with E-state index >= 15 is 0 Å². The van der Waals surface area contributed by atoms with Crippen molar-refractivity contribution in [3.05, 3.63) is 77.4 Å². The molecule has 154 valence electrons. The number of hydrogen-bond donors (Lipinski definition) is 1. The van der Waals surface area contributed by atoms with Crippen molar-refractivity contribution in [2.24, 2.45) is 0 Å².